The van der Waals surface area contributed by atoms with Crippen molar-refractivity contribution in [2.45, 2.75) is 19.5 Å². The fourth-order valence-corrected chi connectivity index (χ4v) is 3.03. The van der Waals surface area contributed by atoms with Crippen molar-refractivity contribution in [3.63, 3.8) is 0 Å². The van der Waals surface area contributed by atoms with Crippen molar-refractivity contribution in [2.24, 2.45) is 0 Å². The molecule has 0 atom stereocenters. The first-order valence-corrected chi connectivity index (χ1v) is 7.17. The summed E-state index contributed by atoms with van der Waals surface area (Å²) in [6.45, 7) is 2.95. The monoisotopic (exact) mass is 259 g/mol. The van der Waals surface area contributed by atoms with Crippen molar-refractivity contribution in [2.75, 3.05) is 18.9 Å². The van der Waals surface area contributed by atoms with Crippen molar-refractivity contribution < 1.29 is 0 Å². The topological polar surface area (TPSA) is 28.2 Å². The van der Waals surface area contributed by atoms with Crippen LogP contribution in [0.15, 0.2) is 29.1 Å². The lowest BCUT2D eigenvalue weighted by molar-refractivity contribution is 0.316. The lowest BCUT2D eigenvalue weighted by Crippen LogP contribution is -2.18. The summed E-state index contributed by atoms with van der Waals surface area (Å²) in [5.74, 6) is 0. The molecule has 1 aliphatic heterocycles. The summed E-state index contributed by atoms with van der Waals surface area (Å²) in [5, 5.41) is 5.61. The van der Waals surface area contributed by atoms with Gasteiger partial charge in [-0.3, -0.25) is 4.90 Å². The predicted molar refractivity (Wildman–Crippen MR) is 75.9 cm³/mol. The quantitative estimate of drug-likeness (QED) is 0.915. The second kappa shape index (κ2) is 5.08. The largest absolute Gasteiger partial charge is 0.384 e. The standard InChI is InChI=1S/C14H17N3S/c1-17(8-13-9-18-10-16-13)7-12-4-2-3-11-5-6-15-14(11)12/h2-4,9-10,15H,5-8H2,1H3. The average Bonchev–Trinajstić information content (AvgIpc) is 2.99. The molecule has 94 valence electrons. The molecule has 1 aromatic heterocycles. The van der Waals surface area contributed by atoms with Gasteiger partial charge in [0, 0.05) is 30.7 Å². The van der Waals surface area contributed by atoms with E-state index in [0.29, 0.717) is 0 Å². The Kier molecular flexibility index (Phi) is 3.30. The fourth-order valence-electron chi connectivity index (χ4n) is 2.48. The zero-order chi connectivity index (χ0) is 12.4. The molecule has 0 saturated carbocycles. The van der Waals surface area contributed by atoms with Crippen LogP contribution >= 0.6 is 11.3 Å². The molecule has 3 nitrogen and oxygen atoms in total. The summed E-state index contributed by atoms with van der Waals surface area (Å²) in [4.78, 5) is 6.64. The summed E-state index contributed by atoms with van der Waals surface area (Å²) in [5.41, 5.74) is 7.24. The van der Waals surface area contributed by atoms with Crippen LogP contribution in [0.25, 0.3) is 0 Å². The summed E-state index contributed by atoms with van der Waals surface area (Å²) in [6, 6.07) is 6.60. The third-order valence-electron chi connectivity index (χ3n) is 3.29. The van der Waals surface area contributed by atoms with Crippen LogP contribution in [0.2, 0.25) is 0 Å². The molecule has 0 bridgehead atoms. The molecular weight excluding hydrogens is 242 g/mol. The molecule has 3 rings (SSSR count). The number of para-hydroxylation sites is 1. The van der Waals surface area contributed by atoms with Gasteiger partial charge in [0.2, 0.25) is 0 Å². The molecule has 0 aliphatic carbocycles. The highest BCUT2D eigenvalue weighted by Gasteiger charge is 2.14. The van der Waals surface area contributed by atoms with Gasteiger partial charge in [0.25, 0.3) is 0 Å². The third-order valence-corrected chi connectivity index (χ3v) is 3.92. The van der Waals surface area contributed by atoms with Crippen LogP contribution in [-0.4, -0.2) is 23.5 Å². The highest BCUT2D eigenvalue weighted by atomic mass is 32.1. The molecule has 1 aliphatic rings. The number of hydrogen-bond donors (Lipinski definition) is 1. The molecule has 4 heteroatoms. The number of fused-ring (bicyclic) bond motifs is 1. The molecular formula is C14H17N3S. The summed E-state index contributed by atoms with van der Waals surface area (Å²) < 4.78 is 0. The van der Waals surface area contributed by atoms with Gasteiger partial charge in [-0.2, -0.15) is 0 Å². The van der Waals surface area contributed by atoms with Gasteiger partial charge >= 0.3 is 0 Å². The van der Waals surface area contributed by atoms with E-state index in [9.17, 15) is 0 Å². The Morgan fingerprint density at radius 1 is 1.39 bits per heavy atom. The first kappa shape index (κ1) is 11.7. The first-order valence-electron chi connectivity index (χ1n) is 6.23. The Bertz CT molecular complexity index is 522. The SMILES string of the molecule is CN(Cc1cscn1)Cc1cccc2c1NCC2. The molecule has 0 saturated heterocycles. The molecule has 18 heavy (non-hydrogen) atoms. The van der Waals surface area contributed by atoms with Gasteiger partial charge in [0.05, 0.1) is 11.2 Å². The number of nitrogens with one attached hydrogen (secondary N) is 1. The van der Waals surface area contributed by atoms with Gasteiger partial charge in [-0.15, -0.1) is 11.3 Å². The van der Waals surface area contributed by atoms with E-state index in [4.69, 9.17) is 0 Å². The molecule has 0 radical (unpaired) electrons. The van der Waals surface area contributed by atoms with Crippen LogP contribution in [0.5, 0.6) is 0 Å². The second-order valence-corrected chi connectivity index (χ2v) is 5.50. The van der Waals surface area contributed by atoms with E-state index in [1.54, 1.807) is 11.3 Å². The van der Waals surface area contributed by atoms with Crippen LogP contribution in [0, 0.1) is 0 Å². The van der Waals surface area contributed by atoms with Crippen LogP contribution in [0.3, 0.4) is 0 Å². The Hall–Kier alpha value is -1.39. The maximum Gasteiger partial charge on any atom is 0.0795 e. The van der Waals surface area contributed by atoms with Crippen molar-refractivity contribution >= 4 is 17.0 Å². The van der Waals surface area contributed by atoms with Crippen LogP contribution in [0.4, 0.5) is 5.69 Å². The highest BCUT2D eigenvalue weighted by molar-refractivity contribution is 7.07. The van der Waals surface area contributed by atoms with Gasteiger partial charge in [0.1, 0.15) is 0 Å². The van der Waals surface area contributed by atoms with E-state index in [1.165, 1.54) is 16.8 Å². The first-order chi connectivity index (χ1) is 8.83. The highest BCUT2D eigenvalue weighted by Crippen LogP contribution is 2.27. The predicted octanol–water partition coefficient (Wildman–Crippen LogP) is 2.74. The average molecular weight is 259 g/mol. The van der Waals surface area contributed by atoms with Gasteiger partial charge in [-0.1, -0.05) is 18.2 Å². The number of anilines is 1. The molecule has 0 spiro atoms. The normalized spacial score (nSPS) is 13.7. The molecule has 2 aromatic rings. The zero-order valence-corrected chi connectivity index (χ0v) is 11.3. The lowest BCUT2D eigenvalue weighted by Gasteiger charge is -2.17. The minimum absolute atomic E-state index is 0.910. The smallest absolute Gasteiger partial charge is 0.0795 e. The lowest BCUT2D eigenvalue weighted by atomic mass is 10.1. The summed E-state index contributed by atoms with van der Waals surface area (Å²) >= 11 is 1.66. The minimum atomic E-state index is 0.910. The molecule has 0 amide bonds. The summed E-state index contributed by atoms with van der Waals surface area (Å²) in [7, 11) is 2.15. The van der Waals surface area contributed by atoms with Crippen molar-refractivity contribution in [3.8, 4) is 0 Å². The number of benzene rings is 1. The van der Waals surface area contributed by atoms with Crippen molar-refractivity contribution in [1.29, 1.82) is 0 Å². The van der Waals surface area contributed by atoms with Crippen LogP contribution in [0.1, 0.15) is 16.8 Å². The zero-order valence-electron chi connectivity index (χ0n) is 10.5. The molecule has 1 aromatic carbocycles. The van der Waals surface area contributed by atoms with E-state index in [0.717, 1.165) is 31.7 Å². The number of hydrogen-bond acceptors (Lipinski definition) is 4. The molecule has 1 N–H and O–H groups in total. The van der Waals surface area contributed by atoms with Crippen LogP contribution < -0.4 is 5.32 Å². The van der Waals surface area contributed by atoms with Gasteiger partial charge in [0.15, 0.2) is 0 Å². The molecule has 2 heterocycles. The second-order valence-electron chi connectivity index (χ2n) is 4.78. The van der Waals surface area contributed by atoms with E-state index in [-0.39, 0.29) is 0 Å². The van der Waals surface area contributed by atoms with E-state index < -0.39 is 0 Å². The van der Waals surface area contributed by atoms with Gasteiger partial charge < -0.3 is 5.32 Å². The fraction of sp³-hybridized carbons (Fsp3) is 0.357. The van der Waals surface area contributed by atoms with E-state index >= 15 is 0 Å². The third kappa shape index (κ3) is 2.40. The molecule has 0 fully saturated rings. The van der Waals surface area contributed by atoms with E-state index in [2.05, 4.69) is 45.8 Å². The maximum atomic E-state index is 4.33. The number of aromatic nitrogens is 1. The Labute approximate surface area is 111 Å². The Balaban J connectivity index is 1.71. The van der Waals surface area contributed by atoms with Crippen molar-refractivity contribution in [3.05, 3.63) is 45.9 Å². The number of thiazole rings is 1. The van der Waals surface area contributed by atoms with Crippen LogP contribution in [-0.2, 0) is 19.5 Å². The Morgan fingerprint density at radius 2 is 2.33 bits per heavy atom. The van der Waals surface area contributed by atoms with Gasteiger partial charge in [-0.05, 0) is 24.6 Å². The van der Waals surface area contributed by atoms with Gasteiger partial charge in [-0.25, -0.2) is 4.98 Å². The molecule has 0 unspecified atom stereocenters. The maximum absolute atomic E-state index is 4.33. The summed E-state index contributed by atoms with van der Waals surface area (Å²) in [6.07, 6.45) is 1.15. The number of rotatable bonds is 4. The Morgan fingerprint density at radius 3 is 3.17 bits per heavy atom. The van der Waals surface area contributed by atoms with Crippen molar-refractivity contribution in [1.82, 2.24) is 9.88 Å². The minimum Gasteiger partial charge on any atom is -0.384 e. The van der Waals surface area contributed by atoms with E-state index in [1.807, 2.05) is 5.51 Å². The number of nitrogens with zero attached hydrogens (tertiary/aromatic N) is 2.